The van der Waals surface area contributed by atoms with Gasteiger partial charge < -0.3 is 9.42 Å². The molecule has 3 nitrogen and oxygen atoms in total. The Labute approximate surface area is 73.7 Å². The van der Waals surface area contributed by atoms with Crippen molar-refractivity contribution >= 4 is 7.60 Å². The van der Waals surface area contributed by atoms with Gasteiger partial charge >= 0.3 is 7.60 Å². The van der Waals surface area contributed by atoms with E-state index in [0.717, 1.165) is 6.42 Å². The van der Waals surface area contributed by atoms with Gasteiger partial charge in [-0.2, -0.15) is 0 Å². The second-order valence-electron chi connectivity index (χ2n) is 3.48. The summed E-state index contributed by atoms with van der Waals surface area (Å²) in [4.78, 5) is 9.12. The molecule has 1 atom stereocenters. The van der Waals surface area contributed by atoms with E-state index in [1.807, 2.05) is 0 Å². The molecule has 1 unspecified atom stereocenters. The molecule has 1 aliphatic rings. The first-order chi connectivity index (χ1) is 5.64. The lowest BCUT2D eigenvalue weighted by molar-refractivity contribution is 0.311. The molecule has 0 spiro atoms. The van der Waals surface area contributed by atoms with Gasteiger partial charge in [-0.1, -0.05) is 25.7 Å². The van der Waals surface area contributed by atoms with E-state index in [1.54, 1.807) is 0 Å². The van der Waals surface area contributed by atoms with Crippen LogP contribution in [0.25, 0.3) is 0 Å². The van der Waals surface area contributed by atoms with Crippen LogP contribution in [0.1, 0.15) is 32.1 Å². The summed E-state index contributed by atoms with van der Waals surface area (Å²) < 4.78 is 15.6. The molecule has 0 aromatic heterocycles. The molecule has 1 fully saturated rings. The minimum absolute atomic E-state index is 0.328. The van der Waals surface area contributed by atoms with E-state index in [0.29, 0.717) is 12.1 Å². The third kappa shape index (κ3) is 3.26. The zero-order chi connectivity index (χ0) is 9.03. The van der Waals surface area contributed by atoms with Crippen molar-refractivity contribution in [1.29, 1.82) is 0 Å². The Morgan fingerprint density at radius 1 is 1.50 bits per heavy atom. The molecule has 0 amide bonds. The number of rotatable bonds is 4. The van der Waals surface area contributed by atoms with Gasteiger partial charge in [0.1, 0.15) is 0 Å². The van der Waals surface area contributed by atoms with Crippen LogP contribution >= 0.6 is 7.60 Å². The van der Waals surface area contributed by atoms with E-state index in [-0.39, 0.29) is 0 Å². The second kappa shape index (κ2) is 4.40. The van der Waals surface area contributed by atoms with Gasteiger partial charge in [-0.15, -0.1) is 0 Å². The first-order valence-electron chi connectivity index (χ1n) is 4.51. The predicted octanol–water partition coefficient (Wildman–Crippen LogP) is 2.40. The van der Waals surface area contributed by atoms with E-state index >= 15 is 0 Å². The van der Waals surface area contributed by atoms with Gasteiger partial charge in [0.2, 0.25) is 0 Å². The SMILES string of the molecule is COP(=O)(O)CCC1CCCC1. The van der Waals surface area contributed by atoms with Gasteiger partial charge in [-0.05, 0) is 12.3 Å². The van der Waals surface area contributed by atoms with Crippen LogP contribution < -0.4 is 0 Å². The van der Waals surface area contributed by atoms with Crippen LogP contribution in [0.3, 0.4) is 0 Å². The summed E-state index contributed by atoms with van der Waals surface area (Å²) in [6.45, 7) is 0. The lowest BCUT2D eigenvalue weighted by atomic mass is 10.1. The average molecular weight is 192 g/mol. The summed E-state index contributed by atoms with van der Waals surface area (Å²) in [7, 11) is -1.92. The predicted molar refractivity (Wildman–Crippen MR) is 48.3 cm³/mol. The molecule has 1 aliphatic carbocycles. The highest BCUT2D eigenvalue weighted by Crippen LogP contribution is 2.43. The standard InChI is InChI=1S/C8H17O3P/c1-11-12(9,10)7-6-8-4-2-3-5-8/h8H,2-7H2,1H3,(H,9,10). The normalized spacial score (nSPS) is 24.2. The maximum atomic E-state index is 11.1. The van der Waals surface area contributed by atoms with Gasteiger partial charge in [-0.25, -0.2) is 0 Å². The molecule has 0 aromatic rings. The molecule has 0 bridgehead atoms. The molecule has 1 saturated carbocycles. The summed E-state index contributed by atoms with van der Waals surface area (Å²) >= 11 is 0. The highest BCUT2D eigenvalue weighted by Gasteiger charge is 2.21. The maximum absolute atomic E-state index is 11.1. The molecule has 0 saturated heterocycles. The first kappa shape index (κ1) is 10.2. The Morgan fingerprint density at radius 2 is 2.08 bits per heavy atom. The fourth-order valence-corrected chi connectivity index (χ4v) is 2.61. The van der Waals surface area contributed by atoms with Crippen molar-refractivity contribution in [2.24, 2.45) is 5.92 Å². The van der Waals surface area contributed by atoms with Crippen LogP contribution in [0.2, 0.25) is 0 Å². The van der Waals surface area contributed by atoms with Crippen molar-refractivity contribution in [1.82, 2.24) is 0 Å². The topological polar surface area (TPSA) is 46.5 Å². The van der Waals surface area contributed by atoms with E-state index in [4.69, 9.17) is 4.89 Å². The number of hydrogen-bond donors (Lipinski definition) is 1. The molecular weight excluding hydrogens is 175 g/mol. The van der Waals surface area contributed by atoms with Gasteiger partial charge in [0.25, 0.3) is 0 Å². The van der Waals surface area contributed by atoms with Gasteiger partial charge in [0.05, 0.1) is 6.16 Å². The average Bonchev–Trinajstić information content (AvgIpc) is 2.53. The van der Waals surface area contributed by atoms with Gasteiger partial charge in [0.15, 0.2) is 0 Å². The minimum atomic E-state index is -3.23. The van der Waals surface area contributed by atoms with E-state index < -0.39 is 7.60 Å². The third-order valence-electron chi connectivity index (χ3n) is 2.58. The molecule has 0 radical (unpaired) electrons. The van der Waals surface area contributed by atoms with Crippen molar-refractivity contribution in [3.63, 3.8) is 0 Å². The van der Waals surface area contributed by atoms with Crippen LogP contribution in [0, 0.1) is 5.92 Å². The fraction of sp³-hybridized carbons (Fsp3) is 1.00. The summed E-state index contributed by atoms with van der Waals surface area (Å²) in [5, 5.41) is 0. The monoisotopic (exact) mass is 192 g/mol. The van der Waals surface area contributed by atoms with Gasteiger partial charge in [-0.3, -0.25) is 4.57 Å². The van der Waals surface area contributed by atoms with E-state index in [9.17, 15) is 4.57 Å². The molecule has 0 aliphatic heterocycles. The smallest absolute Gasteiger partial charge is 0.324 e. The summed E-state index contributed by atoms with van der Waals surface area (Å²) in [5.74, 6) is 0.667. The molecule has 12 heavy (non-hydrogen) atoms. The Bertz CT molecular complexity index is 175. The first-order valence-corrected chi connectivity index (χ1v) is 6.28. The second-order valence-corrected chi connectivity index (χ2v) is 5.57. The van der Waals surface area contributed by atoms with Crippen molar-refractivity contribution in [3.8, 4) is 0 Å². The Hall–Kier alpha value is 0.150. The van der Waals surface area contributed by atoms with Crippen LogP contribution in [-0.4, -0.2) is 18.2 Å². The Balaban J connectivity index is 2.20. The van der Waals surface area contributed by atoms with E-state index in [2.05, 4.69) is 4.52 Å². The summed E-state index contributed by atoms with van der Waals surface area (Å²) in [5.41, 5.74) is 0. The molecule has 0 aromatic carbocycles. The Morgan fingerprint density at radius 3 is 2.58 bits per heavy atom. The minimum Gasteiger partial charge on any atom is -0.324 e. The van der Waals surface area contributed by atoms with Gasteiger partial charge in [0, 0.05) is 7.11 Å². The Kier molecular flexibility index (Phi) is 3.76. The fourth-order valence-electron chi connectivity index (χ4n) is 1.74. The molecule has 1 N–H and O–H groups in total. The molecule has 4 heteroatoms. The van der Waals surface area contributed by atoms with Crippen molar-refractivity contribution in [2.45, 2.75) is 32.1 Å². The lowest BCUT2D eigenvalue weighted by Gasteiger charge is -2.11. The number of hydrogen-bond acceptors (Lipinski definition) is 2. The third-order valence-corrected chi connectivity index (χ3v) is 3.97. The van der Waals surface area contributed by atoms with Crippen molar-refractivity contribution in [2.75, 3.05) is 13.3 Å². The zero-order valence-electron chi connectivity index (χ0n) is 7.53. The van der Waals surface area contributed by atoms with E-state index in [1.165, 1.54) is 32.8 Å². The highest BCUT2D eigenvalue weighted by molar-refractivity contribution is 7.52. The molecular formula is C8H17O3P. The van der Waals surface area contributed by atoms with Crippen LogP contribution in [0.15, 0.2) is 0 Å². The van der Waals surface area contributed by atoms with Crippen LogP contribution in [0.5, 0.6) is 0 Å². The zero-order valence-corrected chi connectivity index (χ0v) is 8.43. The lowest BCUT2D eigenvalue weighted by Crippen LogP contribution is -1.99. The molecule has 72 valence electrons. The quantitative estimate of drug-likeness (QED) is 0.695. The molecule has 1 rings (SSSR count). The summed E-state index contributed by atoms with van der Waals surface area (Å²) in [6, 6.07) is 0. The van der Waals surface area contributed by atoms with Crippen molar-refractivity contribution in [3.05, 3.63) is 0 Å². The maximum Gasteiger partial charge on any atom is 0.327 e. The largest absolute Gasteiger partial charge is 0.327 e. The van der Waals surface area contributed by atoms with Crippen LogP contribution in [-0.2, 0) is 9.09 Å². The molecule has 0 heterocycles. The van der Waals surface area contributed by atoms with Crippen molar-refractivity contribution < 1.29 is 14.0 Å². The summed E-state index contributed by atoms with van der Waals surface area (Å²) in [6.07, 6.45) is 6.20. The highest BCUT2D eigenvalue weighted by atomic mass is 31.2. The van der Waals surface area contributed by atoms with Crippen LogP contribution in [0.4, 0.5) is 0 Å².